The molecule has 0 atom stereocenters. The van der Waals surface area contributed by atoms with Crippen LogP contribution in [0.25, 0.3) is 0 Å². The molecule has 1 aliphatic rings. The van der Waals surface area contributed by atoms with Gasteiger partial charge in [0.05, 0.1) is 0 Å². The van der Waals surface area contributed by atoms with Crippen molar-refractivity contribution in [3.63, 3.8) is 0 Å². The van der Waals surface area contributed by atoms with Crippen molar-refractivity contribution in [1.82, 2.24) is 14.8 Å². The predicted molar refractivity (Wildman–Crippen MR) is 71.1 cm³/mol. The normalized spacial score (nSPS) is 18.8. The third-order valence-electron chi connectivity index (χ3n) is 3.48. The molecular weight excluding hydrogens is 210 g/mol. The van der Waals surface area contributed by atoms with Crippen LogP contribution in [0.15, 0.2) is 18.5 Å². The van der Waals surface area contributed by atoms with Gasteiger partial charge in [-0.2, -0.15) is 0 Å². The van der Waals surface area contributed by atoms with Gasteiger partial charge in [-0.25, -0.2) is 0 Å². The average molecular weight is 233 g/mol. The van der Waals surface area contributed by atoms with Gasteiger partial charge >= 0.3 is 0 Å². The van der Waals surface area contributed by atoms with E-state index in [9.17, 15) is 0 Å². The maximum Gasteiger partial charge on any atom is 0.0313 e. The summed E-state index contributed by atoms with van der Waals surface area (Å²) in [6.45, 7) is 10.2. The van der Waals surface area contributed by atoms with Gasteiger partial charge in [-0.1, -0.05) is 19.9 Å². The first-order valence-electron chi connectivity index (χ1n) is 6.50. The van der Waals surface area contributed by atoms with E-state index in [2.05, 4.69) is 41.7 Å². The van der Waals surface area contributed by atoms with Crippen molar-refractivity contribution in [2.45, 2.75) is 26.3 Å². The molecule has 0 aromatic carbocycles. The molecule has 0 unspecified atom stereocenters. The highest BCUT2D eigenvalue weighted by Gasteiger charge is 2.14. The van der Waals surface area contributed by atoms with Crippen LogP contribution in [0.5, 0.6) is 0 Å². The lowest BCUT2D eigenvalue weighted by molar-refractivity contribution is 0.148. The summed E-state index contributed by atoms with van der Waals surface area (Å²) in [5.41, 5.74) is 2.69. The zero-order valence-corrected chi connectivity index (χ0v) is 11.2. The van der Waals surface area contributed by atoms with Crippen LogP contribution in [0, 0.1) is 0 Å². The predicted octanol–water partition coefficient (Wildman–Crippen LogP) is 1.95. The molecular formula is C14H23N3. The SMILES string of the molecule is CC(C)c1cncc(CN2CCN(C)CC2)c1. The van der Waals surface area contributed by atoms with E-state index in [0.717, 1.165) is 6.54 Å². The molecule has 94 valence electrons. The van der Waals surface area contributed by atoms with Crippen LogP contribution in [0.3, 0.4) is 0 Å². The largest absolute Gasteiger partial charge is 0.304 e. The van der Waals surface area contributed by atoms with Gasteiger partial charge in [-0.05, 0) is 24.1 Å². The van der Waals surface area contributed by atoms with E-state index in [4.69, 9.17) is 0 Å². The molecule has 0 radical (unpaired) electrons. The van der Waals surface area contributed by atoms with Gasteiger partial charge < -0.3 is 4.90 Å². The lowest BCUT2D eigenvalue weighted by Gasteiger charge is -2.32. The summed E-state index contributed by atoms with van der Waals surface area (Å²) in [5, 5.41) is 0. The van der Waals surface area contributed by atoms with Crippen molar-refractivity contribution in [2.75, 3.05) is 33.2 Å². The fourth-order valence-electron chi connectivity index (χ4n) is 2.17. The van der Waals surface area contributed by atoms with E-state index < -0.39 is 0 Å². The summed E-state index contributed by atoms with van der Waals surface area (Å²) in [7, 11) is 2.19. The molecule has 2 heterocycles. The van der Waals surface area contributed by atoms with E-state index in [1.54, 1.807) is 0 Å². The Hall–Kier alpha value is -0.930. The van der Waals surface area contributed by atoms with Gasteiger partial charge in [0, 0.05) is 45.1 Å². The molecule has 17 heavy (non-hydrogen) atoms. The molecule has 0 aliphatic carbocycles. The lowest BCUT2D eigenvalue weighted by Crippen LogP contribution is -2.43. The van der Waals surface area contributed by atoms with Crippen molar-refractivity contribution in [3.8, 4) is 0 Å². The van der Waals surface area contributed by atoms with Gasteiger partial charge in [0.15, 0.2) is 0 Å². The molecule has 1 fully saturated rings. The van der Waals surface area contributed by atoms with Gasteiger partial charge in [0.2, 0.25) is 0 Å². The van der Waals surface area contributed by atoms with E-state index >= 15 is 0 Å². The van der Waals surface area contributed by atoms with Crippen molar-refractivity contribution >= 4 is 0 Å². The van der Waals surface area contributed by atoms with Crippen LogP contribution >= 0.6 is 0 Å². The number of rotatable bonds is 3. The van der Waals surface area contributed by atoms with E-state index in [-0.39, 0.29) is 0 Å². The number of nitrogens with zero attached hydrogens (tertiary/aromatic N) is 3. The Morgan fingerprint density at radius 1 is 1.18 bits per heavy atom. The standard InChI is InChI=1S/C14H23N3/c1-12(2)14-8-13(9-15-10-14)11-17-6-4-16(3)5-7-17/h8-10,12H,4-7,11H2,1-3H3. The molecule has 1 saturated heterocycles. The fraction of sp³-hybridized carbons (Fsp3) is 0.643. The molecule has 3 heteroatoms. The van der Waals surface area contributed by atoms with Crippen molar-refractivity contribution in [3.05, 3.63) is 29.6 Å². The van der Waals surface area contributed by atoms with Gasteiger partial charge in [-0.15, -0.1) is 0 Å². The lowest BCUT2D eigenvalue weighted by atomic mass is 10.0. The Morgan fingerprint density at radius 2 is 1.88 bits per heavy atom. The summed E-state index contributed by atoms with van der Waals surface area (Å²) in [4.78, 5) is 9.25. The molecule has 3 nitrogen and oxygen atoms in total. The Morgan fingerprint density at radius 3 is 2.53 bits per heavy atom. The quantitative estimate of drug-likeness (QED) is 0.795. The second-order valence-electron chi connectivity index (χ2n) is 5.36. The maximum absolute atomic E-state index is 4.35. The first-order chi connectivity index (χ1) is 8.15. The first kappa shape index (κ1) is 12.5. The number of aromatic nitrogens is 1. The van der Waals surface area contributed by atoms with Gasteiger partial charge in [0.1, 0.15) is 0 Å². The zero-order valence-electron chi connectivity index (χ0n) is 11.2. The van der Waals surface area contributed by atoms with Crippen LogP contribution in [0.1, 0.15) is 30.9 Å². The highest BCUT2D eigenvalue weighted by atomic mass is 15.2. The number of likely N-dealkylation sites (N-methyl/N-ethyl adjacent to an activating group) is 1. The summed E-state index contributed by atoms with van der Waals surface area (Å²) in [6.07, 6.45) is 3.99. The molecule has 1 aromatic rings. The Balaban J connectivity index is 1.96. The van der Waals surface area contributed by atoms with Crippen molar-refractivity contribution in [1.29, 1.82) is 0 Å². The first-order valence-corrected chi connectivity index (χ1v) is 6.50. The number of hydrogen-bond acceptors (Lipinski definition) is 3. The van der Waals surface area contributed by atoms with E-state index in [1.165, 1.54) is 37.3 Å². The zero-order chi connectivity index (χ0) is 12.3. The third-order valence-corrected chi connectivity index (χ3v) is 3.48. The molecule has 0 spiro atoms. The Kier molecular flexibility index (Phi) is 4.13. The van der Waals surface area contributed by atoms with Crippen LogP contribution in [-0.4, -0.2) is 48.0 Å². The summed E-state index contributed by atoms with van der Waals surface area (Å²) in [5.74, 6) is 0.565. The average Bonchev–Trinajstić information content (AvgIpc) is 2.32. The monoisotopic (exact) mass is 233 g/mol. The summed E-state index contributed by atoms with van der Waals surface area (Å²) >= 11 is 0. The Bertz CT molecular complexity index is 354. The minimum absolute atomic E-state index is 0.565. The van der Waals surface area contributed by atoms with Crippen LogP contribution < -0.4 is 0 Å². The second-order valence-corrected chi connectivity index (χ2v) is 5.36. The third kappa shape index (κ3) is 3.51. The van der Waals surface area contributed by atoms with Gasteiger partial charge in [-0.3, -0.25) is 9.88 Å². The second kappa shape index (κ2) is 5.61. The minimum atomic E-state index is 0.565. The van der Waals surface area contributed by atoms with Crippen molar-refractivity contribution < 1.29 is 0 Å². The molecule has 0 bridgehead atoms. The molecule has 0 N–H and O–H groups in total. The number of hydrogen-bond donors (Lipinski definition) is 0. The Labute approximate surface area is 104 Å². The van der Waals surface area contributed by atoms with E-state index in [1.807, 2.05) is 12.4 Å². The topological polar surface area (TPSA) is 19.4 Å². The molecule has 1 aromatic heterocycles. The number of piperazine rings is 1. The highest BCUT2D eigenvalue weighted by Crippen LogP contribution is 2.15. The molecule has 1 aliphatic heterocycles. The molecule has 0 saturated carbocycles. The smallest absolute Gasteiger partial charge is 0.0313 e. The minimum Gasteiger partial charge on any atom is -0.304 e. The van der Waals surface area contributed by atoms with Crippen LogP contribution in [-0.2, 0) is 6.54 Å². The van der Waals surface area contributed by atoms with Crippen LogP contribution in [0.4, 0.5) is 0 Å². The van der Waals surface area contributed by atoms with Gasteiger partial charge in [0.25, 0.3) is 0 Å². The molecule has 2 rings (SSSR count). The summed E-state index contributed by atoms with van der Waals surface area (Å²) < 4.78 is 0. The fourth-order valence-corrected chi connectivity index (χ4v) is 2.17. The maximum atomic E-state index is 4.35. The summed E-state index contributed by atoms with van der Waals surface area (Å²) in [6, 6.07) is 2.30. The van der Waals surface area contributed by atoms with E-state index in [0.29, 0.717) is 5.92 Å². The van der Waals surface area contributed by atoms with Crippen molar-refractivity contribution in [2.24, 2.45) is 0 Å². The number of pyridine rings is 1. The van der Waals surface area contributed by atoms with Crippen LogP contribution in [0.2, 0.25) is 0 Å². The highest BCUT2D eigenvalue weighted by molar-refractivity contribution is 5.20. The molecule has 0 amide bonds.